The van der Waals surface area contributed by atoms with Crippen LogP contribution < -0.4 is 10.3 Å². The quantitative estimate of drug-likeness (QED) is 0.921. The van der Waals surface area contributed by atoms with E-state index in [4.69, 9.17) is 10.00 Å². The predicted molar refractivity (Wildman–Crippen MR) is 69.3 cm³/mol. The number of nitrogens with one attached hydrogen (secondary N) is 1. The molecule has 0 aliphatic carbocycles. The van der Waals surface area contributed by atoms with Crippen LogP contribution in [0.5, 0.6) is 5.75 Å². The molecule has 1 N–H and O–H groups in total. The minimum Gasteiger partial charge on any atom is -0.496 e. The van der Waals surface area contributed by atoms with E-state index in [0.29, 0.717) is 17.0 Å². The highest BCUT2D eigenvalue weighted by molar-refractivity contribution is 9.10. The van der Waals surface area contributed by atoms with E-state index in [1.54, 1.807) is 12.1 Å². The fourth-order valence-corrected chi connectivity index (χ4v) is 1.92. The standard InChI is InChI=1S/C12H8BrN3O2/c1-18-10-3-2-8(13)5-9(10)12-7(6-14)4-11(17)15-16-12/h2-5H,1H3,(H,15,17). The van der Waals surface area contributed by atoms with Gasteiger partial charge >= 0.3 is 0 Å². The van der Waals surface area contributed by atoms with E-state index in [-0.39, 0.29) is 5.56 Å². The molecule has 0 bridgehead atoms. The second kappa shape index (κ2) is 5.02. The number of methoxy groups -OCH3 is 1. The lowest BCUT2D eigenvalue weighted by Gasteiger charge is -2.08. The van der Waals surface area contributed by atoms with Crippen LogP contribution in [0.3, 0.4) is 0 Å². The summed E-state index contributed by atoms with van der Waals surface area (Å²) in [6, 6.07) is 8.52. The molecule has 0 aliphatic heterocycles. The Kier molecular flexibility index (Phi) is 3.44. The van der Waals surface area contributed by atoms with Gasteiger partial charge in [-0.2, -0.15) is 10.4 Å². The number of H-pyrrole nitrogens is 1. The Bertz CT molecular complexity index is 688. The van der Waals surface area contributed by atoms with Gasteiger partial charge in [0, 0.05) is 16.1 Å². The Labute approximate surface area is 111 Å². The van der Waals surface area contributed by atoms with E-state index in [2.05, 4.69) is 26.1 Å². The number of ether oxygens (including phenoxy) is 1. The van der Waals surface area contributed by atoms with Crippen molar-refractivity contribution in [3.05, 3.63) is 44.7 Å². The van der Waals surface area contributed by atoms with E-state index in [1.165, 1.54) is 13.2 Å². The first-order valence-corrected chi connectivity index (χ1v) is 5.78. The molecule has 0 amide bonds. The molecule has 0 saturated carbocycles. The Morgan fingerprint density at radius 2 is 2.22 bits per heavy atom. The summed E-state index contributed by atoms with van der Waals surface area (Å²) in [5.74, 6) is 0.578. The normalized spacial score (nSPS) is 9.83. The molecule has 6 heteroatoms. The topological polar surface area (TPSA) is 78.8 Å². The summed E-state index contributed by atoms with van der Waals surface area (Å²) in [6.07, 6.45) is 0. The van der Waals surface area contributed by atoms with Gasteiger partial charge in [-0.1, -0.05) is 15.9 Å². The molecule has 18 heavy (non-hydrogen) atoms. The summed E-state index contributed by atoms with van der Waals surface area (Å²) in [5.41, 5.74) is 0.814. The third-order valence-electron chi connectivity index (χ3n) is 2.35. The van der Waals surface area contributed by atoms with Crippen LogP contribution in [0.15, 0.2) is 33.5 Å². The first-order chi connectivity index (χ1) is 8.65. The molecular weight excluding hydrogens is 298 g/mol. The van der Waals surface area contributed by atoms with E-state index in [1.807, 2.05) is 12.1 Å². The molecule has 0 fully saturated rings. The second-order valence-electron chi connectivity index (χ2n) is 3.45. The molecule has 1 aromatic carbocycles. The summed E-state index contributed by atoms with van der Waals surface area (Å²) < 4.78 is 6.05. The lowest BCUT2D eigenvalue weighted by Crippen LogP contribution is -2.09. The highest BCUT2D eigenvalue weighted by Crippen LogP contribution is 2.32. The number of nitrogens with zero attached hydrogens (tertiary/aromatic N) is 2. The van der Waals surface area contributed by atoms with Gasteiger partial charge in [0.05, 0.1) is 12.7 Å². The van der Waals surface area contributed by atoms with Crippen molar-refractivity contribution in [2.75, 3.05) is 7.11 Å². The first-order valence-electron chi connectivity index (χ1n) is 4.99. The fourth-order valence-electron chi connectivity index (χ4n) is 1.56. The van der Waals surface area contributed by atoms with E-state index >= 15 is 0 Å². The molecular formula is C12H8BrN3O2. The molecule has 90 valence electrons. The molecule has 0 spiro atoms. The Balaban J connectivity index is 2.73. The van der Waals surface area contributed by atoms with Crippen LogP contribution in [0.25, 0.3) is 11.3 Å². The van der Waals surface area contributed by atoms with Crippen LogP contribution >= 0.6 is 15.9 Å². The summed E-state index contributed by atoms with van der Waals surface area (Å²) in [5, 5.41) is 15.3. The summed E-state index contributed by atoms with van der Waals surface area (Å²) in [6.45, 7) is 0. The smallest absolute Gasteiger partial charge is 0.265 e. The van der Waals surface area contributed by atoms with Gasteiger partial charge in [-0.3, -0.25) is 4.79 Å². The second-order valence-corrected chi connectivity index (χ2v) is 4.37. The lowest BCUT2D eigenvalue weighted by atomic mass is 10.1. The Hall–Kier alpha value is -2.13. The molecule has 0 aliphatic rings. The van der Waals surface area contributed by atoms with Gasteiger partial charge in [0.15, 0.2) is 0 Å². The van der Waals surface area contributed by atoms with Crippen molar-refractivity contribution in [2.24, 2.45) is 0 Å². The molecule has 2 aromatic rings. The van der Waals surface area contributed by atoms with E-state index in [9.17, 15) is 4.79 Å². The van der Waals surface area contributed by atoms with Crippen molar-refractivity contribution in [1.82, 2.24) is 10.2 Å². The van der Waals surface area contributed by atoms with Gasteiger partial charge < -0.3 is 4.74 Å². The maximum atomic E-state index is 11.1. The molecule has 0 atom stereocenters. The average molecular weight is 306 g/mol. The van der Waals surface area contributed by atoms with Crippen LogP contribution in [0.2, 0.25) is 0 Å². The Morgan fingerprint density at radius 1 is 1.44 bits per heavy atom. The first kappa shape index (κ1) is 12.3. The van der Waals surface area contributed by atoms with Crippen LogP contribution in [0, 0.1) is 11.3 Å². The Morgan fingerprint density at radius 3 is 2.89 bits per heavy atom. The minimum absolute atomic E-state index is 0.204. The van der Waals surface area contributed by atoms with Crippen LogP contribution in [0.1, 0.15) is 5.56 Å². The maximum Gasteiger partial charge on any atom is 0.265 e. The average Bonchev–Trinajstić information content (AvgIpc) is 2.38. The van der Waals surface area contributed by atoms with Gasteiger partial charge in [-0.05, 0) is 18.2 Å². The summed E-state index contributed by atoms with van der Waals surface area (Å²) in [7, 11) is 1.53. The third kappa shape index (κ3) is 2.26. The number of hydrogen-bond donors (Lipinski definition) is 1. The van der Waals surface area contributed by atoms with Gasteiger partial charge in [-0.25, -0.2) is 5.10 Å². The molecule has 5 nitrogen and oxygen atoms in total. The van der Waals surface area contributed by atoms with Crippen LogP contribution in [0.4, 0.5) is 0 Å². The number of aromatic amines is 1. The molecule has 2 rings (SSSR count). The molecule has 0 saturated heterocycles. The molecule has 1 aromatic heterocycles. The van der Waals surface area contributed by atoms with Gasteiger partial charge in [-0.15, -0.1) is 0 Å². The fraction of sp³-hybridized carbons (Fsp3) is 0.0833. The zero-order valence-electron chi connectivity index (χ0n) is 9.40. The van der Waals surface area contributed by atoms with Crippen molar-refractivity contribution in [3.63, 3.8) is 0 Å². The number of aromatic nitrogens is 2. The largest absolute Gasteiger partial charge is 0.496 e. The number of benzene rings is 1. The van der Waals surface area contributed by atoms with Crippen molar-refractivity contribution in [2.45, 2.75) is 0 Å². The third-order valence-corrected chi connectivity index (χ3v) is 2.84. The highest BCUT2D eigenvalue weighted by Gasteiger charge is 2.13. The van der Waals surface area contributed by atoms with Gasteiger partial charge in [0.2, 0.25) is 0 Å². The van der Waals surface area contributed by atoms with E-state index in [0.717, 1.165) is 4.47 Å². The lowest BCUT2D eigenvalue weighted by molar-refractivity contribution is 0.416. The van der Waals surface area contributed by atoms with Crippen molar-refractivity contribution >= 4 is 15.9 Å². The van der Waals surface area contributed by atoms with Crippen molar-refractivity contribution in [3.8, 4) is 23.1 Å². The minimum atomic E-state index is -0.413. The number of halogens is 1. The molecule has 0 unspecified atom stereocenters. The summed E-state index contributed by atoms with van der Waals surface area (Å²) >= 11 is 3.35. The van der Waals surface area contributed by atoms with Gasteiger partial charge in [0.25, 0.3) is 5.56 Å². The maximum absolute atomic E-state index is 11.1. The molecule has 1 heterocycles. The van der Waals surface area contributed by atoms with Gasteiger partial charge in [0.1, 0.15) is 17.5 Å². The van der Waals surface area contributed by atoms with Crippen LogP contribution in [-0.2, 0) is 0 Å². The zero-order chi connectivity index (χ0) is 13.1. The van der Waals surface area contributed by atoms with E-state index < -0.39 is 5.56 Å². The number of hydrogen-bond acceptors (Lipinski definition) is 4. The SMILES string of the molecule is COc1ccc(Br)cc1-c1n[nH]c(=O)cc1C#N. The predicted octanol–water partition coefficient (Wildman–Crippen LogP) is 2.08. The summed E-state index contributed by atoms with van der Waals surface area (Å²) in [4.78, 5) is 11.1. The number of rotatable bonds is 2. The van der Waals surface area contributed by atoms with Crippen molar-refractivity contribution in [1.29, 1.82) is 5.26 Å². The van der Waals surface area contributed by atoms with Crippen LogP contribution in [-0.4, -0.2) is 17.3 Å². The number of nitriles is 1. The zero-order valence-corrected chi connectivity index (χ0v) is 11.0. The molecule has 0 radical (unpaired) electrons. The monoisotopic (exact) mass is 305 g/mol. The van der Waals surface area contributed by atoms with Crippen molar-refractivity contribution < 1.29 is 4.74 Å². The highest BCUT2D eigenvalue weighted by atomic mass is 79.9.